The van der Waals surface area contributed by atoms with Gasteiger partial charge in [-0.2, -0.15) is 0 Å². The number of hydrogen-bond donors (Lipinski definition) is 1. The van der Waals surface area contributed by atoms with Gasteiger partial charge in [0, 0.05) is 12.3 Å². The predicted molar refractivity (Wildman–Crippen MR) is 112 cm³/mol. The van der Waals surface area contributed by atoms with Crippen molar-refractivity contribution in [2.24, 2.45) is 11.8 Å². The number of carbonyl (C=O) groups excluding carboxylic acids is 3. The normalized spacial score (nSPS) is 25.3. The van der Waals surface area contributed by atoms with Gasteiger partial charge in [0.05, 0.1) is 25.7 Å². The number of ketones is 1. The van der Waals surface area contributed by atoms with Gasteiger partial charge in [-0.3, -0.25) is 14.4 Å². The first-order valence-electron chi connectivity index (χ1n) is 9.73. The minimum Gasteiger partial charge on any atom is -0.493 e. The highest BCUT2D eigenvalue weighted by molar-refractivity contribution is 6.02. The number of carbonyl (C=O) groups is 3. The van der Waals surface area contributed by atoms with Crippen molar-refractivity contribution in [3.63, 3.8) is 0 Å². The lowest BCUT2D eigenvalue weighted by atomic mass is 9.61. The van der Waals surface area contributed by atoms with Gasteiger partial charge in [0.15, 0.2) is 17.3 Å². The number of rotatable bonds is 9. The first-order chi connectivity index (χ1) is 14.7. The first-order valence-corrected chi connectivity index (χ1v) is 9.73. The van der Waals surface area contributed by atoms with Crippen LogP contribution in [-0.2, 0) is 23.9 Å². The van der Waals surface area contributed by atoms with E-state index in [0.29, 0.717) is 17.1 Å². The third kappa shape index (κ3) is 5.14. The van der Waals surface area contributed by atoms with Crippen LogP contribution in [0.2, 0.25) is 0 Å². The van der Waals surface area contributed by atoms with Crippen LogP contribution in [0.3, 0.4) is 0 Å². The summed E-state index contributed by atoms with van der Waals surface area (Å²) in [5.74, 6) is -4.91. The van der Waals surface area contributed by atoms with Crippen LogP contribution in [0.1, 0.15) is 24.8 Å². The maximum atomic E-state index is 13.0. The van der Waals surface area contributed by atoms with E-state index in [4.69, 9.17) is 18.9 Å². The van der Waals surface area contributed by atoms with E-state index >= 15 is 0 Å². The SMILES string of the molecule is C=CCOC(=O)[C@@H]1C(=O)C[C@](C)(O)[C@H](C(=O)OCC=C)[C@@H]1c1ccc(OC)c(OC)c1. The summed E-state index contributed by atoms with van der Waals surface area (Å²) in [5, 5.41) is 11.0. The summed E-state index contributed by atoms with van der Waals surface area (Å²) in [5.41, 5.74) is -1.32. The molecule has 168 valence electrons. The average Bonchev–Trinajstić information content (AvgIpc) is 2.74. The maximum Gasteiger partial charge on any atom is 0.317 e. The van der Waals surface area contributed by atoms with Gasteiger partial charge in [-0.25, -0.2) is 0 Å². The number of Topliss-reactive ketones (excluding diaryl/α,β-unsaturated/α-hetero) is 1. The molecule has 1 saturated carbocycles. The van der Waals surface area contributed by atoms with Gasteiger partial charge in [-0.15, -0.1) is 0 Å². The van der Waals surface area contributed by atoms with Gasteiger partial charge in [0.2, 0.25) is 0 Å². The topological polar surface area (TPSA) is 108 Å². The Balaban J connectivity index is 2.65. The molecule has 4 atom stereocenters. The minimum absolute atomic E-state index is 0.0798. The molecule has 1 fully saturated rings. The summed E-state index contributed by atoms with van der Waals surface area (Å²) < 4.78 is 20.9. The van der Waals surface area contributed by atoms with Crippen LogP contribution in [-0.4, -0.2) is 55.9 Å². The molecule has 31 heavy (non-hydrogen) atoms. The number of benzene rings is 1. The van der Waals surface area contributed by atoms with Gasteiger partial charge in [-0.05, 0) is 24.6 Å². The van der Waals surface area contributed by atoms with Crippen LogP contribution in [0.25, 0.3) is 0 Å². The minimum atomic E-state index is -1.75. The molecular formula is C23H28O8. The lowest BCUT2D eigenvalue weighted by Gasteiger charge is -2.43. The average molecular weight is 432 g/mol. The van der Waals surface area contributed by atoms with E-state index in [1.165, 1.54) is 33.3 Å². The molecule has 1 aromatic rings. The summed E-state index contributed by atoms with van der Waals surface area (Å²) in [6, 6.07) is 4.78. The Kier molecular flexibility index (Phi) is 7.99. The second kappa shape index (κ2) is 10.3. The van der Waals surface area contributed by atoms with Crippen molar-refractivity contribution < 1.29 is 38.4 Å². The van der Waals surface area contributed by atoms with Gasteiger partial charge >= 0.3 is 11.9 Å². The smallest absolute Gasteiger partial charge is 0.317 e. The van der Waals surface area contributed by atoms with Gasteiger partial charge in [0.1, 0.15) is 19.1 Å². The molecule has 8 heteroatoms. The monoisotopic (exact) mass is 432 g/mol. The molecule has 1 N–H and O–H groups in total. The number of esters is 2. The van der Waals surface area contributed by atoms with E-state index in [0.717, 1.165) is 0 Å². The van der Waals surface area contributed by atoms with Crippen molar-refractivity contribution in [1.29, 1.82) is 0 Å². The van der Waals surface area contributed by atoms with Gasteiger partial charge in [0.25, 0.3) is 0 Å². The fourth-order valence-electron chi connectivity index (χ4n) is 3.94. The predicted octanol–water partition coefficient (Wildman–Crippen LogP) is 2.20. The van der Waals surface area contributed by atoms with E-state index in [1.54, 1.807) is 18.2 Å². The molecule has 0 radical (unpaired) electrons. The third-order valence-corrected chi connectivity index (χ3v) is 5.25. The molecule has 0 saturated heterocycles. The Morgan fingerprint density at radius 3 is 2.23 bits per heavy atom. The second-order valence-electron chi connectivity index (χ2n) is 7.43. The largest absolute Gasteiger partial charge is 0.493 e. The number of methoxy groups -OCH3 is 2. The maximum absolute atomic E-state index is 13.0. The van der Waals surface area contributed by atoms with Gasteiger partial charge in [-0.1, -0.05) is 31.4 Å². The molecule has 0 heterocycles. The second-order valence-corrected chi connectivity index (χ2v) is 7.43. The zero-order chi connectivity index (χ0) is 23.2. The van der Waals surface area contributed by atoms with E-state index < -0.39 is 47.5 Å². The Hall–Kier alpha value is -3.13. The zero-order valence-corrected chi connectivity index (χ0v) is 18.0. The molecule has 2 rings (SSSR count). The lowest BCUT2D eigenvalue weighted by molar-refractivity contribution is -0.172. The van der Waals surface area contributed by atoms with E-state index in [9.17, 15) is 19.5 Å². The summed E-state index contributed by atoms with van der Waals surface area (Å²) in [6.45, 7) is 8.22. The van der Waals surface area contributed by atoms with Crippen LogP contribution in [0, 0.1) is 11.8 Å². The van der Waals surface area contributed by atoms with Crippen LogP contribution in [0.4, 0.5) is 0 Å². The Labute approximate surface area is 181 Å². The zero-order valence-electron chi connectivity index (χ0n) is 18.0. The van der Waals surface area contributed by atoms with Crippen molar-refractivity contribution in [3.05, 3.63) is 49.1 Å². The highest BCUT2D eigenvalue weighted by Gasteiger charge is 2.57. The van der Waals surface area contributed by atoms with Crippen LogP contribution in [0.5, 0.6) is 11.5 Å². The van der Waals surface area contributed by atoms with Crippen molar-refractivity contribution in [2.45, 2.75) is 24.9 Å². The standard InChI is InChI=1S/C23H28O8/c1-6-10-30-21(25)19-15(24)13-23(3,27)20(22(26)31-11-7-2)18(19)14-8-9-16(28-4)17(12-14)29-5/h6-9,12,18-20,27H,1-2,10-11,13H2,3-5H3/t18-,19-,20+,23+/m1/s1. The summed E-state index contributed by atoms with van der Waals surface area (Å²) >= 11 is 0. The fourth-order valence-corrected chi connectivity index (χ4v) is 3.94. The molecule has 1 aliphatic carbocycles. The number of hydrogen-bond acceptors (Lipinski definition) is 8. The van der Waals surface area contributed by atoms with Crippen LogP contribution in [0.15, 0.2) is 43.5 Å². The van der Waals surface area contributed by atoms with E-state index in [2.05, 4.69) is 13.2 Å². The fraction of sp³-hybridized carbons (Fsp3) is 0.435. The Morgan fingerprint density at radius 1 is 1.10 bits per heavy atom. The summed E-state index contributed by atoms with van der Waals surface area (Å²) in [7, 11) is 2.91. The summed E-state index contributed by atoms with van der Waals surface area (Å²) in [4.78, 5) is 38.7. The van der Waals surface area contributed by atoms with E-state index in [-0.39, 0.29) is 13.2 Å². The third-order valence-electron chi connectivity index (χ3n) is 5.25. The van der Waals surface area contributed by atoms with Crippen molar-refractivity contribution >= 4 is 17.7 Å². The Morgan fingerprint density at radius 2 is 1.68 bits per heavy atom. The van der Waals surface area contributed by atoms with Crippen LogP contribution >= 0.6 is 0 Å². The van der Waals surface area contributed by atoms with E-state index in [1.807, 2.05) is 0 Å². The molecule has 0 bridgehead atoms. The molecule has 0 amide bonds. The molecule has 8 nitrogen and oxygen atoms in total. The number of aliphatic hydroxyl groups is 1. The Bertz CT molecular complexity index is 857. The first kappa shape index (κ1) is 24.1. The lowest BCUT2D eigenvalue weighted by Crippen LogP contribution is -2.55. The molecular weight excluding hydrogens is 404 g/mol. The molecule has 0 aliphatic heterocycles. The van der Waals surface area contributed by atoms with Crippen molar-refractivity contribution in [1.82, 2.24) is 0 Å². The van der Waals surface area contributed by atoms with Crippen molar-refractivity contribution in [2.75, 3.05) is 27.4 Å². The molecule has 0 spiro atoms. The summed E-state index contributed by atoms with van der Waals surface area (Å²) in [6.07, 6.45) is 2.36. The molecule has 0 unspecified atom stereocenters. The quantitative estimate of drug-likeness (QED) is 0.359. The highest BCUT2D eigenvalue weighted by atomic mass is 16.5. The van der Waals surface area contributed by atoms with Gasteiger partial charge < -0.3 is 24.1 Å². The molecule has 0 aromatic heterocycles. The number of ether oxygens (including phenoxy) is 4. The molecule has 1 aromatic carbocycles. The van der Waals surface area contributed by atoms with Crippen LogP contribution < -0.4 is 9.47 Å². The highest BCUT2D eigenvalue weighted by Crippen LogP contribution is 2.48. The van der Waals surface area contributed by atoms with Crippen molar-refractivity contribution in [3.8, 4) is 11.5 Å². The molecule has 1 aliphatic rings.